The van der Waals surface area contributed by atoms with Crippen LogP contribution in [0.3, 0.4) is 0 Å². The Morgan fingerprint density at radius 2 is 1.60 bits per heavy atom. The summed E-state index contributed by atoms with van der Waals surface area (Å²) in [5.74, 6) is 0.484. The predicted molar refractivity (Wildman–Crippen MR) is 87.0 cm³/mol. The average molecular weight is 284 g/mol. The lowest BCUT2D eigenvalue weighted by Gasteiger charge is -2.37. The van der Waals surface area contributed by atoms with Crippen LogP contribution in [0.1, 0.15) is 53.9 Å². The van der Waals surface area contributed by atoms with E-state index in [1.165, 1.54) is 32.6 Å². The fourth-order valence-electron chi connectivity index (χ4n) is 2.83. The molecule has 1 N–H and O–H groups in total. The van der Waals surface area contributed by atoms with Gasteiger partial charge >= 0.3 is 0 Å². The second kappa shape index (κ2) is 8.35. The predicted octanol–water partition coefficient (Wildman–Crippen LogP) is 2.84. The van der Waals surface area contributed by atoms with Crippen LogP contribution in [0.5, 0.6) is 0 Å². The normalized spacial score (nSPS) is 20.6. The molecule has 0 aromatic carbocycles. The highest BCUT2D eigenvalue weighted by atomic mass is 16.3. The van der Waals surface area contributed by atoms with Crippen molar-refractivity contribution in [2.24, 2.45) is 11.3 Å². The zero-order valence-corrected chi connectivity index (χ0v) is 14.4. The van der Waals surface area contributed by atoms with Crippen LogP contribution in [-0.2, 0) is 0 Å². The van der Waals surface area contributed by atoms with Crippen LogP contribution >= 0.6 is 0 Å². The van der Waals surface area contributed by atoms with Crippen LogP contribution in [-0.4, -0.2) is 60.3 Å². The van der Waals surface area contributed by atoms with Crippen LogP contribution < -0.4 is 0 Å². The fraction of sp³-hybridized carbons (Fsp3) is 1.00. The quantitative estimate of drug-likeness (QED) is 0.779. The third kappa shape index (κ3) is 7.05. The zero-order valence-electron chi connectivity index (χ0n) is 14.4. The minimum Gasteiger partial charge on any atom is -0.396 e. The summed E-state index contributed by atoms with van der Waals surface area (Å²) in [6.07, 6.45) is 3.51. The molecule has 1 rings (SSSR count). The minimum absolute atomic E-state index is 0.349. The Morgan fingerprint density at radius 1 is 1.00 bits per heavy atom. The molecule has 1 saturated heterocycles. The Bertz CT molecular complexity index is 252. The maximum absolute atomic E-state index is 9.54. The Hall–Kier alpha value is -0.120. The topological polar surface area (TPSA) is 26.7 Å². The number of hydrogen-bond donors (Lipinski definition) is 1. The summed E-state index contributed by atoms with van der Waals surface area (Å²) in [5, 5.41) is 9.54. The molecule has 0 aromatic rings. The van der Waals surface area contributed by atoms with E-state index in [4.69, 9.17) is 0 Å². The Labute approximate surface area is 126 Å². The van der Waals surface area contributed by atoms with Crippen LogP contribution in [0.4, 0.5) is 0 Å². The van der Waals surface area contributed by atoms with Crippen molar-refractivity contribution in [3.63, 3.8) is 0 Å². The Kier molecular flexibility index (Phi) is 7.49. The highest BCUT2D eigenvalue weighted by Crippen LogP contribution is 2.25. The molecule has 1 aliphatic heterocycles. The summed E-state index contributed by atoms with van der Waals surface area (Å²) in [4.78, 5) is 5.12. The highest BCUT2D eigenvalue weighted by Gasteiger charge is 2.20. The third-order valence-electron chi connectivity index (χ3n) is 4.55. The minimum atomic E-state index is 0.349. The van der Waals surface area contributed by atoms with Gasteiger partial charge in [0, 0.05) is 38.8 Å². The van der Waals surface area contributed by atoms with E-state index >= 15 is 0 Å². The van der Waals surface area contributed by atoms with Gasteiger partial charge < -0.3 is 10.0 Å². The molecule has 0 aliphatic carbocycles. The number of piperazine rings is 1. The van der Waals surface area contributed by atoms with E-state index in [9.17, 15) is 5.11 Å². The number of hydrogen-bond acceptors (Lipinski definition) is 3. The number of aliphatic hydroxyl groups excluding tert-OH is 1. The second-order valence-electron chi connectivity index (χ2n) is 7.91. The van der Waals surface area contributed by atoms with Crippen LogP contribution in [0.25, 0.3) is 0 Å². The SMILES string of the molecule is CC(C)N1CCN(CC[C@H](CO)CCC(C)(C)C)CC1. The van der Waals surface area contributed by atoms with Gasteiger partial charge in [-0.15, -0.1) is 0 Å². The van der Waals surface area contributed by atoms with Crippen molar-refractivity contribution < 1.29 is 5.11 Å². The molecule has 1 fully saturated rings. The average Bonchev–Trinajstić information content (AvgIpc) is 2.38. The molecule has 1 heterocycles. The van der Waals surface area contributed by atoms with Gasteiger partial charge in [0.15, 0.2) is 0 Å². The molecule has 0 amide bonds. The van der Waals surface area contributed by atoms with E-state index in [1.807, 2.05) is 0 Å². The molecule has 0 spiro atoms. The van der Waals surface area contributed by atoms with Crippen LogP contribution in [0.2, 0.25) is 0 Å². The molecule has 120 valence electrons. The largest absolute Gasteiger partial charge is 0.396 e. The summed E-state index contributed by atoms with van der Waals surface area (Å²) in [7, 11) is 0. The van der Waals surface area contributed by atoms with Gasteiger partial charge in [-0.2, -0.15) is 0 Å². The van der Waals surface area contributed by atoms with Gasteiger partial charge in [-0.05, 0) is 51.0 Å². The molecule has 20 heavy (non-hydrogen) atoms. The van der Waals surface area contributed by atoms with Crippen molar-refractivity contribution in [2.45, 2.75) is 59.9 Å². The first-order chi connectivity index (χ1) is 9.31. The third-order valence-corrected chi connectivity index (χ3v) is 4.55. The molecule has 1 atom stereocenters. The number of aliphatic hydroxyl groups is 1. The van der Waals surface area contributed by atoms with E-state index < -0.39 is 0 Å². The van der Waals surface area contributed by atoms with Gasteiger partial charge in [0.2, 0.25) is 0 Å². The summed E-state index contributed by atoms with van der Waals surface area (Å²) < 4.78 is 0. The van der Waals surface area contributed by atoms with Crippen molar-refractivity contribution in [1.29, 1.82) is 0 Å². The maximum atomic E-state index is 9.54. The lowest BCUT2D eigenvalue weighted by Crippen LogP contribution is -2.49. The van der Waals surface area contributed by atoms with Crippen molar-refractivity contribution in [2.75, 3.05) is 39.3 Å². The van der Waals surface area contributed by atoms with Crippen molar-refractivity contribution in [3.8, 4) is 0 Å². The smallest absolute Gasteiger partial charge is 0.0459 e. The monoisotopic (exact) mass is 284 g/mol. The Morgan fingerprint density at radius 3 is 2.05 bits per heavy atom. The zero-order chi connectivity index (χ0) is 15.2. The van der Waals surface area contributed by atoms with Crippen molar-refractivity contribution in [1.82, 2.24) is 9.80 Å². The van der Waals surface area contributed by atoms with E-state index in [0.29, 0.717) is 24.0 Å². The summed E-state index contributed by atoms with van der Waals surface area (Å²) in [5.41, 5.74) is 0.385. The first kappa shape index (κ1) is 17.9. The highest BCUT2D eigenvalue weighted by molar-refractivity contribution is 4.75. The standard InChI is InChI=1S/C17H36N2O/c1-15(2)19-12-10-18(11-13-19)9-7-16(14-20)6-8-17(3,4)5/h15-16,20H,6-14H2,1-5H3/t16-/m1/s1. The second-order valence-corrected chi connectivity index (χ2v) is 7.91. The fourth-order valence-corrected chi connectivity index (χ4v) is 2.83. The summed E-state index contributed by atoms with van der Waals surface area (Å²) in [6, 6.07) is 0.675. The molecule has 0 radical (unpaired) electrons. The molecular formula is C17H36N2O. The van der Waals surface area contributed by atoms with Gasteiger partial charge in [-0.25, -0.2) is 0 Å². The van der Waals surface area contributed by atoms with E-state index in [1.54, 1.807) is 0 Å². The molecule has 3 heteroatoms. The van der Waals surface area contributed by atoms with Crippen LogP contribution in [0.15, 0.2) is 0 Å². The van der Waals surface area contributed by atoms with Gasteiger partial charge in [0.05, 0.1) is 0 Å². The van der Waals surface area contributed by atoms with Gasteiger partial charge in [0.25, 0.3) is 0 Å². The van der Waals surface area contributed by atoms with Gasteiger partial charge in [0.1, 0.15) is 0 Å². The molecule has 0 saturated carbocycles. The lowest BCUT2D eigenvalue weighted by molar-refractivity contribution is 0.0973. The molecule has 0 aromatic heterocycles. The molecule has 0 bridgehead atoms. The first-order valence-electron chi connectivity index (χ1n) is 8.39. The maximum Gasteiger partial charge on any atom is 0.0459 e. The van der Waals surface area contributed by atoms with E-state index in [-0.39, 0.29) is 0 Å². The van der Waals surface area contributed by atoms with E-state index in [2.05, 4.69) is 44.4 Å². The van der Waals surface area contributed by atoms with E-state index in [0.717, 1.165) is 19.4 Å². The molecule has 1 aliphatic rings. The van der Waals surface area contributed by atoms with Gasteiger partial charge in [-0.1, -0.05) is 20.8 Å². The van der Waals surface area contributed by atoms with Crippen molar-refractivity contribution >= 4 is 0 Å². The van der Waals surface area contributed by atoms with Gasteiger partial charge in [-0.3, -0.25) is 4.90 Å². The van der Waals surface area contributed by atoms with Crippen LogP contribution in [0, 0.1) is 11.3 Å². The van der Waals surface area contributed by atoms with Crippen molar-refractivity contribution in [3.05, 3.63) is 0 Å². The molecule has 3 nitrogen and oxygen atoms in total. The molecular weight excluding hydrogens is 248 g/mol. The summed E-state index contributed by atoms with van der Waals surface area (Å²) >= 11 is 0. The Balaban J connectivity index is 2.21. The number of nitrogens with zero attached hydrogens (tertiary/aromatic N) is 2. The molecule has 0 unspecified atom stereocenters. The summed E-state index contributed by atoms with van der Waals surface area (Å²) in [6.45, 7) is 17.7. The first-order valence-corrected chi connectivity index (χ1v) is 8.39. The number of rotatable bonds is 7. The lowest BCUT2D eigenvalue weighted by atomic mass is 9.86.